The molecule has 6 aromatic rings. The molecule has 8 amide bonds. The highest BCUT2D eigenvalue weighted by molar-refractivity contribution is 6.35. The zero-order valence-corrected chi connectivity index (χ0v) is 46.9. The van der Waals surface area contributed by atoms with Crippen molar-refractivity contribution in [2.24, 2.45) is 0 Å². The van der Waals surface area contributed by atoms with Gasteiger partial charge in [0.25, 0.3) is 47.3 Å². The van der Waals surface area contributed by atoms with Gasteiger partial charge >= 0.3 is 0 Å². The minimum Gasteiger partial charge on any atom is -0.274 e. The number of rotatable bonds is 28. The molecule has 4 aliphatic heterocycles. The molecule has 0 saturated heterocycles. The van der Waals surface area contributed by atoms with E-state index in [9.17, 15) is 38.4 Å². The highest BCUT2D eigenvalue weighted by Crippen LogP contribution is 2.37. The summed E-state index contributed by atoms with van der Waals surface area (Å²) >= 11 is 0. The van der Waals surface area contributed by atoms with Crippen molar-refractivity contribution in [3.8, 4) is 22.3 Å². The molecule has 0 saturated carbocycles. The van der Waals surface area contributed by atoms with Crippen molar-refractivity contribution >= 4 is 58.6 Å². The van der Waals surface area contributed by atoms with Gasteiger partial charge in [0.15, 0.2) is 0 Å². The number of hydrogen-bond acceptors (Lipinski definition) is 8. The molecule has 0 unspecified atom stereocenters. The second-order valence-corrected chi connectivity index (χ2v) is 22.3. The number of carbonyl (C=O) groups excluding carboxylic acids is 8. The average Bonchev–Trinajstić information content (AvgIpc) is 4.16. The Labute approximate surface area is 475 Å². The van der Waals surface area contributed by atoms with Crippen LogP contribution in [0.15, 0.2) is 121 Å². The van der Waals surface area contributed by atoms with Crippen LogP contribution in [0.4, 0.5) is 11.4 Å². The van der Waals surface area contributed by atoms with Crippen LogP contribution in [0.1, 0.15) is 236 Å². The van der Waals surface area contributed by atoms with Crippen molar-refractivity contribution in [1.29, 1.82) is 0 Å². The summed E-state index contributed by atoms with van der Waals surface area (Å²) < 4.78 is 0. The first kappa shape index (κ1) is 56.2. The van der Waals surface area contributed by atoms with Crippen molar-refractivity contribution in [3.05, 3.63) is 177 Å². The van der Waals surface area contributed by atoms with E-state index >= 15 is 0 Å². The fourth-order valence-corrected chi connectivity index (χ4v) is 11.9. The van der Waals surface area contributed by atoms with Gasteiger partial charge in [0.2, 0.25) is 0 Å². The monoisotopic (exact) mass is 1080 g/mol. The first-order valence-electron chi connectivity index (χ1n) is 29.7. The van der Waals surface area contributed by atoms with Gasteiger partial charge in [-0.15, -0.1) is 0 Å². The van der Waals surface area contributed by atoms with E-state index in [2.05, 4.69) is 13.8 Å². The number of hydrogen-bond donors (Lipinski definition) is 0. The standard InChI is InChI=1S/C69H72N4O8/c1-3-5-7-9-11-13-15-17-19-21-39-70-62(74)54-35-27-48(42-58(54)64(70)76)50-29-37-56-60(44-50)68(80)72(66(56)78)52-31-23-46(24-32-52)41-47-25-33-53(34-26-47)73-67(79)57-38-30-51(45-61(57)69(73)81)49-28-36-55-59(43-49)65(77)71(63(55)75)40-22-20-18-16-14-12-10-8-6-4-2/h23-38,42-45H,3-22,39-41H2,1-2H3. The van der Waals surface area contributed by atoms with Gasteiger partial charge in [0.05, 0.1) is 55.9 Å². The quantitative estimate of drug-likeness (QED) is 0.0348. The predicted molar refractivity (Wildman–Crippen MR) is 316 cm³/mol. The SMILES string of the molecule is CCCCCCCCCCCCN1C(=O)c2ccc(-c3ccc4c(c3)C(=O)N(c3ccc(Cc5ccc(N6C(=O)c7ccc(-c8ccc9c(c8)C(=O)N(CCCCCCCCCCCC)C9=O)cc7C6=O)cc5)cc3)C4=O)cc2C1=O. The molecule has 6 aromatic carbocycles. The Morgan fingerprint density at radius 3 is 0.815 bits per heavy atom. The van der Waals surface area contributed by atoms with Crippen molar-refractivity contribution in [3.63, 3.8) is 0 Å². The van der Waals surface area contributed by atoms with Crippen LogP contribution < -0.4 is 9.80 Å². The van der Waals surface area contributed by atoms with E-state index in [1.54, 1.807) is 97.1 Å². The van der Waals surface area contributed by atoms with Gasteiger partial charge in [-0.2, -0.15) is 0 Å². The number of fused-ring (bicyclic) bond motifs is 4. The minimum absolute atomic E-state index is 0.252. The Kier molecular flexibility index (Phi) is 17.7. The van der Waals surface area contributed by atoms with Crippen LogP contribution in [-0.4, -0.2) is 70.1 Å². The van der Waals surface area contributed by atoms with Crippen LogP contribution in [-0.2, 0) is 6.42 Å². The summed E-state index contributed by atoms with van der Waals surface area (Å²) in [7, 11) is 0. The van der Waals surface area contributed by atoms with Crippen LogP contribution in [0.2, 0.25) is 0 Å². The maximum absolute atomic E-state index is 13.9. The van der Waals surface area contributed by atoms with Crippen molar-refractivity contribution in [1.82, 2.24) is 9.80 Å². The van der Waals surface area contributed by atoms with Crippen LogP contribution >= 0.6 is 0 Å². The summed E-state index contributed by atoms with van der Waals surface area (Å²) in [5, 5.41) is 0. The Morgan fingerprint density at radius 2 is 0.506 bits per heavy atom. The minimum atomic E-state index is -0.460. The number of imide groups is 4. The Bertz CT molecular complexity index is 3190. The summed E-state index contributed by atoms with van der Waals surface area (Å²) in [4.78, 5) is 114. The van der Waals surface area contributed by atoms with E-state index < -0.39 is 23.6 Å². The van der Waals surface area contributed by atoms with Crippen LogP contribution in [0, 0.1) is 0 Å². The van der Waals surface area contributed by atoms with Gasteiger partial charge in [-0.3, -0.25) is 48.2 Å². The molecular weight excluding hydrogens is 1010 g/mol. The summed E-state index contributed by atoms with van der Waals surface area (Å²) in [5.74, 6) is -2.97. The molecule has 12 nitrogen and oxygen atoms in total. The number of benzene rings is 6. The molecule has 416 valence electrons. The highest BCUT2D eigenvalue weighted by atomic mass is 16.2. The fraction of sp³-hybridized carbons (Fsp3) is 0.362. The smallest absolute Gasteiger partial charge is 0.266 e. The first-order valence-corrected chi connectivity index (χ1v) is 29.7. The van der Waals surface area contributed by atoms with Gasteiger partial charge in [0, 0.05) is 13.1 Å². The molecule has 81 heavy (non-hydrogen) atoms. The van der Waals surface area contributed by atoms with Crippen LogP contribution in [0.3, 0.4) is 0 Å². The van der Waals surface area contributed by atoms with Crippen molar-refractivity contribution in [2.75, 3.05) is 22.9 Å². The van der Waals surface area contributed by atoms with Gasteiger partial charge in [-0.1, -0.05) is 178 Å². The molecule has 0 aliphatic carbocycles. The zero-order chi connectivity index (χ0) is 56.6. The van der Waals surface area contributed by atoms with E-state index in [-0.39, 0.29) is 45.9 Å². The van der Waals surface area contributed by atoms with Gasteiger partial charge < -0.3 is 0 Å². The lowest BCUT2D eigenvalue weighted by molar-refractivity contribution is 0.0636. The Hall–Kier alpha value is -8.12. The van der Waals surface area contributed by atoms with E-state index in [1.807, 2.05) is 24.3 Å². The topological polar surface area (TPSA) is 150 Å². The molecule has 0 N–H and O–H groups in total. The third-order valence-electron chi connectivity index (χ3n) is 16.6. The Morgan fingerprint density at radius 1 is 0.259 bits per heavy atom. The molecule has 0 aromatic heterocycles. The van der Waals surface area contributed by atoms with E-state index in [4.69, 9.17) is 0 Å². The third kappa shape index (κ3) is 11.9. The molecule has 0 radical (unpaired) electrons. The van der Waals surface area contributed by atoms with Crippen molar-refractivity contribution < 1.29 is 38.4 Å². The molecule has 0 atom stereocenters. The highest BCUT2D eigenvalue weighted by Gasteiger charge is 2.40. The predicted octanol–water partition coefficient (Wildman–Crippen LogP) is 15.2. The zero-order valence-electron chi connectivity index (χ0n) is 46.9. The molecule has 4 heterocycles. The van der Waals surface area contributed by atoms with Gasteiger partial charge in [-0.05, 0) is 125 Å². The first-order chi connectivity index (χ1) is 39.5. The normalized spacial score (nSPS) is 14.5. The lowest BCUT2D eigenvalue weighted by Crippen LogP contribution is -2.30. The van der Waals surface area contributed by atoms with Crippen LogP contribution in [0.5, 0.6) is 0 Å². The van der Waals surface area contributed by atoms with E-state index in [0.717, 1.165) is 59.5 Å². The molecule has 0 fully saturated rings. The lowest BCUT2D eigenvalue weighted by Gasteiger charge is -2.15. The molecule has 0 spiro atoms. The number of carbonyl (C=O) groups is 8. The maximum Gasteiger partial charge on any atom is 0.266 e. The summed E-state index contributed by atoms with van der Waals surface area (Å²) in [6, 6.07) is 34.8. The van der Waals surface area contributed by atoms with Crippen molar-refractivity contribution in [2.45, 2.75) is 149 Å². The number of anilines is 2. The summed E-state index contributed by atoms with van der Waals surface area (Å²) in [6.07, 6.45) is 23.7. The van der Waals surface area contributed by atoms with E-state index in [0.29, 0.717) is 75.4 Å². The van der Waals surface area contributed by atoms with E-state index in [1.165, 1.54) is 99.7 Å². The maximum atomic E-state index is 13.9. The number of nitrogens with zero attached hydrogens (tertiary/aromatic N) is 4. The molecule has 0 bridgehead atoms. The summed E-state index contributed by atoms with van der Waals surface area (Å²) in [6.45, 7) is 5.22. The average molecular weight is 1090 g/mol. The molecule has 12 heteroatoms. The Balaban J connectivity index is 0.719. The largest absolute Gasteiger partial charge is 0.274 e. The number of unbranched alkanes of at least 4 members (excludes halogenated alkanes) is 18. The molecule has 4 aliphatic rings. The molecular formula is C69H72N4O8. The third-order valence-corrected chi connectivity index (χ3v) is 16.6. The second kappa shape index (κ2) is 25.6. The van der Waals surface area contributed by atoms with Gasteiger partial charge in [-0.25, -0.2) is 9.80 Å². The second-order valence-electron chi connectivity index (χ2n) is 22.3. The van der Waals surface area contributed by atoms with Crippen LogP contribution in [0.25, 0.3) is 22.3 Å². The fourth-order valence-electron chi connectivity index (χ4n) is 11.9. The molecule has 10 rings (SSSR count). The summed E-state index contributed by atoms with van der Waals surface area (Å²) in [5.41, 5.74) is 7.79. The lowest BCUT2D eigenvalue weighted by atomic mass is 9.97. The van der Waals surface area contributed by atoms with Gasteiger partial charge in [0.1, 0.15) is 0 Å². The number of amides is 8.